The molecule has 0 aliphatic rings. The number of amides is 1. The summed E-state index contributed by atoms with van der Waals surface area (Å²) in [5.41, 5.74) is -0.150. The number of rotatable bonds is 3. The maximum absolute atomic E-state index is 13.5. The average Bonchev–Trinajstić information content (AvgIpc) is 2.82. The lowest BCUT2D eigenvalue weighted by atomic mass is 10.1. The van der Waals surface area contributed by atoms with E-state index in [9.17, 15) is 18.4 Å². The van der Waals surface area contributed by atoms with Crippen molar-refractivity contribution in [2.45, 2.75) is 6.92 Å². The van der Waals surface area contributed by atoms with Gasteiger partial charge in [0.1, 0.15) is 16.5 Å². The second-order valence-corrected chi connectivity index (χ2v) is 5.09. The molecule has 4 nitrogen and oxygen atoms in total. The minimum absolute atomic E-state index is 0.0519. The molecule has 1 amide bonds. The number of carbonyl (C=O) groups excluding carboxylic acids is 1. The van der Waals surface area contributed by atoms with Crippen LogP contribution in [-0.4, -0.2) is 17.0 Å². The molecule has 0 spiro atoms. The van der Waals surface area contributed by atoms with Crippen molar-refractivity contribution in [1.29, 1.82) is 0 Å². The van der Waals surface area contributed by atoms with Crippen molar-refractivity contribution in [3.8, 4) is 0 Å². The summed E-state index contributed by atoms with van der Waals surface area (Å²) in [4.78, 5) is 22.6. The molecule has 0 atom stereocenters. The lowest BCUT2D eigenvalue weighted by molar-refractivity contribution is 0.0702. The quantitative estimate of drug-likeness (QED) is 0.913. The number of carboxylic acid groups (broad SMARTS) is 1. The fourth-order valence-corrected chi connectivity index (χ4v) is 2.27. The molecule has 0 bridgehead atoms. The number of nitrogens with one attached hydrogen (secondary N) is 1. The third-order valence-corrected chi connectivity index (χ3v) is 3.54. The van der Waals surface area contributed by atoms with E-state index in [0.717, 1.165) is 17.4 Å². The van der Waals surface area contributed by atoms with Crippen LogP contribution < -0.4 is 5.32 Å². The highest BCUT2D eigenvalue weighted by Gasteiger charge is 2.16. The van der Waals surface area contributed by atoms with Gasteiger partial charge < -0.3 is 10.4 Å². The van der Waals surface area contributed by atoms with Crippen LogP contribution in [0.3, 0.4) is 0 Å². The third kappa shape index (κ3) is 2.83. The lowest BCUT2D eigenvalue weighted by Crippen LogP contribution is -2.13. The largest absolute Gasteiger partial charge is 0.477 e. The first-order chi connectivity index (χ1) is 9.38. The van der Waals surface area contributed by atoms with E-state index < -0.39 is 23.5 Å². The van der Waals surface area contributed by atoms with Gasteiger partial charge in [0.05, 0.1) is 10.6 Å². The van der Waals surface area contributed by atoms with Gasteiger partial charge in [-0.25, -0.2) is 13.6 Å². The van der Waals surface area contributed by atoms with E-state index in [2.05, 4.69) is 5.32 Å². The molecule has 2 aromatic rings. The first-order valence-corrected chi connectivity index (χ1v) is 6.30. The molecule has 0 saturated carbocycles. The van der Waals surface area contributed by atoms with Crippen molar-refractivity contribution in [3.63, 3.8) is 0 Å². The van der Waals surface area contributed by atoms with Crippen molar-refractivity contribution in [2.24, 2.45) is 0 Å². The number of benzene rings is 1. The topological polar surface area (TPSA) is 66.4 Å². The van der Waals surface area contributed by atoms with E-state index in [0.29, 0.717) is 6.07 Å². The first kappa shape index (κ1) is 14.1. The summed E-state index contributed by atoms with van der Waals surface area (Å²) in [7, 11) is 0. The van der Waals surface area contributed by atoms with Gasteiger partial charge in [0, 0.05) is 6.07 Å². The number of hydrogen-bond donors (Lipinski definition) is 2. The molecule has 0 unspecified atom stereocenters. The fourth-order valence-electron chi connectivity index (χ4n) is 1.53. The molecule has 0 fully saturated rings. The summed E-state index contributed by atoms with van der Waals surface area (Å²) in [6.07, 6.45) is 0. The SMILES string of the molecule is Cc1cc(C(=O)Nc2ccc(C(=O)O)s2)c(F)cc1F. The predicted molar refractivity (Wildman–Crippen MR) is 70.3 cm³/mol. The van der Waals surface area contributed by atoms with Crippen molar-refractivity contribution < 1.29 is 23.5 Å². The number of thiophene rings is 1. The van der Waals surface area contributed by atoms with Crippen LogP contribution in [0.1, 0.15) is 25.6 Å². The monoisotopic (exact) mass is 297 g/mol. The van der Waals surface area contributed by atoms with Gasteiger partial charge in [-0.3, -0.25) is 4.79 Å². The van der Waals surface area contributed by atoms with Crippen molar-refractivity contribution >= 4 is 28.2 Å². The van der Waals surface area contributed by atoms with Crippen LogP contribution in [-0.2, 0) is 0 Å². The molecule has 104 valence electrons. The number of halogens is 2. The molecule has 2 rings (SSSR count). The molecule has 1 heterocycles. The Morgan fingerprint density at radius 2 is 1.90 bits per heavy atom. The molecular formula is C13H9F2NO3S. The standard InChI is InChI=1S/C13H9F2NO3S/c1-6-4-7(9(15)5-8(6)14)12(17)16-11-3-2-10(20-11)13(18)19/h2-5H,1H3,(H,16,17)(H,18,19). The minimum Gasteiger partial charge on any atom is -0.477 e. The zero-order chi connectivity index (χ0) is 14.9. The van der Waals surface area contributed by atoms with Crippen molar-refractivity contribution in [1.82, 2.24) is 0 Å². The van der Waals surface area contributed by atoms with Crippen LogP contribution in [0.2, 0.25) is 0 Å². The summed E-state index contributed by atoms with van der Waals surface area (Å²) in [6, 6.07) is 4.47. The Morgan fingerprint density at radius 1 is 1.20 bits per heavy atom. The zero-order valence-corrected chi connectivity index (χ0v) is 11.1. The Labute approximate surface area is 116 Å². The molecule has 2 N–H and O–H groups in total. The van der Waals surface area contributed by atoms with Gasteiger partial charge in [-0.15, -0.1) is 11.3 Å². The molecule has 1 aromatic heterocycles. The van der Waals surface area contributed by atoms with Gasteiger partial charge >= 0.3 is 5.97 Å². The lowest BCUT2D eigenvalue weighted by Gasteiger charge is -2.05. The smallest absolute Gasteiger partial charge is 0.345 e. The highest BCUT2D eigenvalue weighted by Crippen LogP contribution is 2.23. The third-order valence-electron chi connectivity index (χ3n) is 2.55. The fraction of sp³-hybridized carbons (Fsp3) is 0.0769. The summed E-state index contributed by atoms with van der Waals surface area (Å²) < 4.78 is 26.6. The van der Waals surface area contributed by atoms with Gasteiger partial charge in [-0.2, -0.15) is 0 Å². The van der Waals surface area contributed by atoms with E-state index in [1.165, 1.54) is 19.1 Å². The van der Waals surface area contributed by atoms with Crippen molar-refractivity contribution in [3.05, 3.63) is 51.9 Å². The van der Waals surface area contributed by atoms with E-state index >= 15 is 0 Å². The van der Waals surface area contributed by atoms with Gasteiger partial charge in [0.15, 0.2) is 0 Å². The highest BCUT2D eigenvalue weighted by molar-refractivity contribution is 7.18. The van der Waals surface area contributed by atoms with Crippen LogP contribution >= 0.6 is 11.3 Å². The maximum atomic E-state index is 13.5. The molecule has 7 heteroatoms. The molecule has 0 radical (unpaired) electrons. The number of aryl methyl sites for hydroxylation is 1. The number of aromatic carboxylic acids is 1. The summed E-state index contributed by atoms with van der Waals surface area (Å²) in [6.45, 7) is 1.42. The van der Waals surface area contributed by atoms with Crippen LogP contribution in [0.4, 0.5) is 13.8 Å². The second-order valence-electron chi connectivity index (χ2n) is 4.00. The van der Waals surface area contributed by atoms with Gasteiger partial charge in [0.2, 0.25) is 0 Å². The Hall–Kier alpha value is -2.28. The zero-order valence-electron chi connectivity index (χ0n) is 10.2. The minimum atomic E-state index is -1.11. The van der Waals surface area contributed by atoms with E-state index in [4.69, 9.17) is 5.11 Å². The van der Waals surface area contributed by atoms with Gasteiger partial charge in [-0.05, 0) is 30.7 Å². The Kier molecular flexibility index (Phi) is 3.80. The molecule has 0 saturated heterocycles. The van der Waals surface area contributed by atoms with Crippen LogP contribution in [0.15, 0.2) is 24.3 Å². The maximum Gasteiger partial charge on any atom is 0.345 e. The highest BCUT2D eigenvalue weighted by atomic mass is 32.1. The van der Waals surface area contributed by atoms with E-state index in [1.807, 2.05) is 0 Å². The molecule has 0 aliphatic carbocycles. The summed E-state index contributed by atoms with van der Waals surface area (Å²) in [5.74, 6) is -3.58. The van der Waals surface area contributed by atoms with Crippen LogP contribution in [0.5, 0.6) is 0 Å². The Morgan fingerprint density at radius 3 is 2.50 bits per heavy atom. The van der Waals surface area contributed by atoms with Crippen LogP contribution in [0, 0.1) is 18.6 Å². The van der Waals surface area contributed by atoms with Crippen LogP contribution in [0.25, 0.3) is 0 Å². The molecule has 0 aliphatic heterocycles. The van der Waals surface area contributed by atoms with E-state index in [1.54, 1.807) is 0 Å². The van der Waals surface area contributed by atoms with E-state index in [-0.39, 0.29) is 21.0 Å². The first-order valence-electron chi connectivity index (χ1n) is 5.48. The van der Waals surface area contributed by atoms with Gasteiger partial charge in [-0.1, -0.05) is 0 Å². The summed E-state index contributed by atoms with van der Waals surface area (Å²) >= 11 is 0.849. The predicted octanol–water partition coefficient (Wildman–Crippen LogP) is 3.29. The molecular weight excluding hydrogens is 288 g/mol. The average molecular weight is 297 g/mol. The Bertz CT molecular complexity index is 697. The number of carbonyl (C=O) groups is 2. The number of anilines is 1. The van der Waals surface area contributed by atoms with Gasteiger partial charge in [0.25, 0.3) is 5.91 Å². The number of carboxylic acids is 1. The second kappa shape index (κ2) is 5.38. The molecule has 20 heavy (non-hydrogen) atoms. The van der Waals surface area contributed by atoms with Crippen molar-refractivity contribution in [2.75, 3.05) is 5.32 Å². The molecule has 1 aromatic carbocycles. The normalized spacial score (nSPS) is 10.3. The summed E-state index contributed by atoms with van der Waals surface area (Å²) in [5, 5.41) is 11.4. The Balaban J connectivity index is 2.23. The number of hydrogen-bond acceptors (Lipinski definition) is 3.